The molecule has 1 saturated carbocycles. The summed E-state index contributed by atoms with van der Waals surface area (Å²) in [6.07, 6.45) is 10.2. The quantitative estimate of drug-likeness (QED) is 0.553. The van der Waals surface area contributed by atoms with Crippen molar-refractivity contribution in [1.29, 1.82) is 5.26 Å². The fraction of sp³-hybridized carbons (Fsp3) is 0.917. The van der Waals surface area contributed by atoms with Crippen molar-refractivity contribution in [3.05, 3.63) is 0 Å². The minimum absolute atomic E-state index is 0.355. The zero-order valence-electron chi connectivity index (χ0n) is 8.76. The molecule has 74 valence electrons. The highest BCUT2D eigenvalue weighted by Crippen LogP contribution is 2.23. The van der Waals surface area contributed by atoms with Gasteiger partial charge in [-0.05, 0) is 18.8 Å². The first-order valence-electron chi connectivity index (χ1n) is 5.72. The van der Waals surface area contributed by atoms with Crippen LogP contribution in [0.1, 0.15) is 58.3 Å². The molecule has 1 nitrogen and oxygen atoms in total. The number of hydrogen-bond donors (Lipinski definition) is 0. The van der Waals surface area contributed by atoms with E-state index in [1.165, 1.54) is 38.5 Å². The van der Waals surface area contributed by atoms with Crippen molar-refractivity contribution in [2.24, 2.45) is 11.8 Å². The van der Waals surface area contributed by atoms with E-state index in [4.69, 9.17) is 5.26 Å². The molecule has 13 heavy (non-hydrogen) atoms. The average molecular weight is 179 g/mol. The molecule has 1 heteroatoms. The predicted molar refractivity (Wildman–Crippen MR) is 55.2 cm³/mol. The summed E-state index contributed by atoms with van der Waals surface area (Å²) in [5.41, 5.74) is 0. The van der Waals surface area contributed by atoms with Gasteiger partial charge in [-0.25, -0.2) is 0 Å². The van der Waals surface area contributed by atoms with Gasteiger partial charge in [0, 0.05) is 5.92 Å². The molecule has 1 rings (SSSR count). The van der Waals surface area contributed by atoms with Crippen molar-refractivity contribution in [1.82, 2.24) is 0 Å². The summed E-state index contributed by atoms with van der Waals surface area (Å²) in [5.74, 6) is 1.27. The highest BCUT2D eigenvalue weighted by Gasteiger charge is 2.10. The minimum atomic E-state index is 0.355. The molecule has 0 radical (unpaired) electrons. The lowest BCUT2D eigenvalue weighted by Crippen LogP contribution is -2.02. The maximum Gasteiger partial charge on any atom is 0.0655 e. The Kier molecular flexibility index (Phi) is 4.90. The van der Waals surface area contributed by atoms with Gasteiger partial charge in [0.2, 0.25) is 0 Å². The van der Waals surface area contributed by atoms with E-state index in [0.29, 0.717) is 5.92 Å². The Morgan fingerprint density at radius 3 is 1.85 bits per heavy atom. The molecule has 1 aliphatic rings. The summed E-state index contributed by atoms with van der Waals surface area (Å²) in [4.78, 5) is 0. The van der Waals surface area contributed by atoms with Crippen LogP contribution >= 0.6 is 0 Å². The van der Waals surface area contributed by atoms with E-state index >= 15 is 0 Å². The maximum absolute atomic E-state index is 8.87. The molecule has 0 bridgehead atoms. The first kappa shape index (κ1) is 10.6. The molecule has 0 aliphatic heterocycles. The van der Waals surface area contributed by atoms with Gasteiger partial charge in [0.05, 0.1) is 6.07 Å². The summed E-state index contributed by atoms with van der Waals surface area (Å²) >= 11 is 0. The summed E-state index contributed by atoms with van der Waals surface area (Å²) in [6.45, 7) is 2.36. The van der Waals surface area contributed by atoms with Gasteiger partial charge in [0.25, 0.3) is 0 Å². The van der Waals surface area contributed by atoms with Gasteiger partial charge in [-0.2, -0.15) is 5.26 Å². The van der Waals surface area contributed by atoms with E-state index in [-0.39, 0.29) is 0 Å². The lowest BCUT2D eigenvalue weighted by Gasteiger charge is -2.15. The fourth-order valence-corrected chi connectivity index (χ4v) is 2.18. The molecule has 0 aromatic heterocycles. The monoisotopic (exact) mass is 179 g/mol. The van der Waals surface area contributed by atoms with Gasteiger partial charge >= 0.3 is 0 Å². The van der Waals surface area contributed by atoms with E-state index in [0.717, 1.165) is 18.8 Å². The van der Waals surface area contributed by atoms with Crippen LogP contribution in [0.2, 0.25) is 0 Å². The Bertz CT molecular complexity index is 156. The standard InChI is InChI=1S/C12H21N/c1-11-6-2-4-8-12(10-13)9-5-3-7-11/h11-12H,2-9H2,1H3. The molecule has 0 heterocycles. The van der Waals surface area contributed by atoms with Crippen LogP contribution < -0.4 is 0 Å². The van der Waals surface area contributed by atoms with Crippen LogP contribution in [-0.2, 0) is 0 Å². The Morgan fingerprint density at radius 2 is 1.38 bits per heavy atom. The van der Waals surface area contributed by atoms with Crippen LogP contribution in [0.5, 0.6) is 0 Å². The molecule has 1 fully saturated rings. The lowest BCUT2D eigenvalue weighted by molar-refractivity contribution is 0.389. The Labute approximate surface area is 82.1 Å². The Balaban J connectivity index is 2.29. The average Bonchev–Trinajstić information content (AvgIpc) is 2.16. The van der Waals surface area contributed by atoms with Crippen molar-refractivity contribution in [3.63, 3.8) is 0 Å². The van der Waals surface area contributed by atoms with E-state index in [1.807, 2.05) is 0 Å². The van der Waals surface area contributed by atoms with E-state index in [2.05, 4.69) is 13.0 Å². The first-order chi connectivity index (χ1) is 6.33. The summed E-state index contributed by atoms with van der Waals surface area (Å²) in [6, 6.07) is 2.43. The van der Waals surface area contributed by atoms with Crippen molar-refractivity contribution in [3.8, 4) is 6.07 Å². The molecule has 0 atom stereocenters. The second-order valence-electron chi connectivity index (χ2n) is 4.50. The second-order valence-corrected chi connectivity index (χ2v) is 4.50. The van der Waals surface area contributed by atoms with Crippen molar-refractivity contribution in [2.75, 3.05) is 0 Å². The Morgan fingerprint density at radius 1 is 0.923 bits per heavy atom. The Hall–Kier alpha value is -0.510. The number of nitrogens with zero attached hydrogens (tertiary/aromatic N) is 1. The number of hydrogen-bond acceptors (Lipinski definition) is 1. The molecule has 0 amide bonds. The van der Waals surface area contributed by atoms with Gasteiger partial charge in [-0.1, -0.05) is 45.4 Å². The fourth-order valence-electron chi connectivity index (χ4n) is 2.18. The number of rotatable bonds is 0. The molecule has 0 aromatic rings. The highest BCUT2D eigenvalue weighted by atomic mass is 14.3. The van der Waals surface area contributed by atoms with Crippen molar-refractivity contribution >= 4 is 0 Å². The zero-order chi connectivity index (χ0) is 9.52. The third-order valence-corrected chi connectivity index (χ3v) is 3.18. The summed E-state index contributed by atoms with van der Waals surface area (Å²) in [7, 11) is 0. The molecular formula is C12H21N. The first-order valence-corrected chi connectivity index (χ1v) is 5.72. The van der Waals surface area contributed by atoms with Gasteiger partial charge in [-0.3, -0.25) is 0 Å². The lowest BCUT2D eigenvalue weighted by atomic mass is 9.89. The van der Waals surface area contributed by atoms with Crippen LogP contribution in [0.4, 0.5) is 0 Å². The number of nitriles is 1. The molecule has 0 N–H and O–H groups in total. The van der Waals surface area contributed by atoms with Crippen LogP contribution in [0.25, 0.3) is 0 Å². The smallest absolute Gasteiger partial charge is 0.0655 e. The van der Waals surface area contributed by atoms with E-state index < -0.39 is 0 Å². The van der Waals surface area contributed by atoms with Crippen LogP contribution in [0, 0.1) is 23.2 Å². The minimum Gasteiger partial charge on any atom is -0.198 e. The molecule has 0 aromatic carbocycles. The third kappa shape index (κ3) is 4.31. The maximum atomic E-state index is 8.87. The van der Waals surface area contributed by atoms with Gasteiger partial charge in [0.15, 0.2) is 0 Å². The van der Waals surface area contributed by atoms with Crippen molar-refractivity contribution in [2.45, 2.75) is 58.3 Å². The van der Waals surface area contributed by atoms with Gasteiger partial charge in [-0.15, -0.1) is 0 Å². The van der Waals surface area contributed by atoms with Crippen LogP contribution in [0.15, 0.2) is 0 Å². The summed E-state index contributed by atoms with van der Waals surface area (Å²) in [5, 5.41) is 8.87. The van der Waals surface area contributed by atoms with Gasteiger partial charge in [0.1, 0.15) is 0 Å². The highest BCUT2D eigenvalue weighted by molar-refractivity contribution is 4.82. The summed E-state index contributed by atoms with van der Waals surface area (Å²) < 4.78 is 0. The molecule has 0 spiro atoms. The third-order valence-electron chi connectivity index (χ3n) is 3.18. The predicted octanol–water partition coefficient (Wildman–Crippen LogP) is 3.90. The topological polar surface area (TPSA) is 23.8 Å². The molecular weight excluding hydrogens is 158 g/mol. The molecule has 0 unspecified atom stereocenters. The normalized spacial score (nSPS) is 32.0. The molecule has 1 aliphatic carbocycles. The van der Waals surface area contributed by atoms with Crippen LogP contribution in [0.3, 0.4) is 0 Å². The van der Waals surface area contributed by atoms with Crippen molar-refractivity contribution < 1.29 is 0 Å². The van der Waals surface area contributed by atoms with Crippen LogP contribution in [-0.4, -0.2) is 0 Å². The van der Waals surface area contributed by atoms with E-state index in [1.54, 1.807) is 0 Å². The second kappa shape index (κ2) is 6.02. The largest absolute Gasteiger partial charge is 0.198 e. The molecule has 0 saturated heterocycles. The van der Waals surface area contributed by atoms with Gasteiger partial charge < -0.3 is 0 Å². The zero-order valence-corrected chi connectivity index (χ0v) is 8.76. The SMILES string of the molecule is CC1CCCCC(C#N)CCCC1. The van der Waals surface area contributed by atoms with E-state index in [9.17, 15) is 0 Å².